The molecule has 1 N–H and O–H groups in total. The molecule has 7 nitrogen and oxygen atoms in total. The third kappa shape index (κ3) is 3.27. The zero-order valence-corrected chi connectivity index (χ0v) is 16.5. The smallest absolute Gasteiger partial charge is 0.254 e. The molecule has 29 heavy (non-hydrogen) atoms. The molecule has 2 fully saturated rings. The Kier molecular flexibility index (Phi) is 4.70. The molecule has 2 aliphatic heterocycles. The van der Waals surface area contributed by atoms with E-state index in [-0.39, 0.29) is 22.8 Å². The number of ether oxygens (including phenoxy) is 1. The number of likely N-dealkylation sites (tertiary alicyclic amines) is 1. The molecule has 4 heterocycles. The first kappa shape index (κ1) is 18.5. The van der Waals surface area contributed by atoms with Gasteiger partial charge in [-0.2, -0.15) is 0 Å². The number of carbonyl (C=O) groups excluding carboxylic acids is 1. The lowest BCUT2D eigenvalue weighted by Gasteiger charge is -2.41. The number of fused-ring (bicyclic) bond motifs is 2. The normalized spacial score (nSPS) is 21.3. The summed E-state index contributed by atoms with van der Waals surface area (Å²) in [5, 5.41) is 0. The first-order valence-electron chi connectivity index (χ1n) is 10.6. The number of rotatable bonds is 2. The van der Waals surface area contributed by atoms with Crippen molar-refractivity contribution in [3.8, 4) is 11.4 Å². The van der Waals surface area contributed by atoms with Crippen LogP contribution in [0.5, 0.6) is 0 Å². The van der Waals surface area contributed by atoms with Crippen LogP contribution < -0.4 is 5.56 Å². The Morgan fingerprint density at radius 3 is 2.72 bits per heavy atom. The van der Waals surface area contributed by atoms with Gasteiger partial charge < -0.3 is 14.6 Å². The summed E-state index contributed by atoms with van der Waals surface area (Å²) in [6.45, 7) is 2.86. The van der Waals surface area contributed by atoms with Gasteiger partial charge in [0.25, 0.3) is 5.56 Å². The number of aromatic nitrogens is 3. The molecule has 0 aromatic carbocycles. The van der Waals surface area contributed by atoms with Crippen molar-refractivity contribution in [2.75, 3.05) is 26.3 Å². The van der Waals surface area contributed by atoms with Crippen molar-refractivity contribution < 1.29 is 9.53 Å². The number of nitrogens with one attached hydrogen (secondary N) is 1. The SMILES string of the molecule is O=C(C1CCOCC1)N1CCC2(CCc3c2nc(-c2cccnc2)[nH]c3=O)CC1. The van der Waals surface area contributed by atoms with Gasteiger partial charge >= 0.3 is 0 Å². The first-order valence-corrected chi connectivity index (χ1v) is 10.6. The number of nitrogens with zero attached hydrogens (tertiary/aromatic N) is 3. The van der Waals surface area contributed by atoms with Gasteiger partial charge in [0.2, 0.25) is 5.91 Å². The molecule has 5 rings (SSSR count). The molecule has 3 aliphatic rings. The maximum absolute atomic E-state index is 12.9. The van der Waals surface area contributed by atoms with Crippen LogP contribution in [0.1, 0.15) is 43.4 Å². The molecular weight excluding hydrogens is 368 g/mol. The molecule has 7 heteroatoms. The Balaban J connectivity index is 1.38. The lowest BCUT2D eigenvalue weighted by atomic mass is 9.76. The summed E-state index contributed by atoms with van der Waals surface area (Å²) in [6, 6.07) is 3.76. The molecule has 2 saturated heterocycles. The number of H-pyrrole nitrogens is 1. The largest absolute Gasteiger partial charge is 0.381 e. The highest BCUT2D eigenvalue weighted by atomic mass is 16.5. The lowest BCUT2D eigenvalue weighted by molar-refractivity contribution is -0.140. The van der Waals surface area contributed by atoms with Gasteiger partial charge in [0.1, 0.15) is 5.82 Å². The zero-order chi connectivity index (χ0) is 19.8. The standard InChI is InChI=1S/C22H26N4O3/c27-20-17-3-6-22(18(17)24-19(25-20)16-2-1-9-23-14-16)7-10-26(11-8-22)21(28)15-4-12-29-13-5-15/h1-2,9,14-15H,3-8,10-13H2,(H,24,25,27). The van der Waals surface area contributed by atoms with Crippen molar-refractivity contribution in [3.63, 3.8) is 0 Å². The summed E-state index contributed by atoms with van der Waals surface area (Å²) >= 11 is 0. The summed E-state index contributed by atoms with van der Waals surface area (Å²) in [6.07, 6.45) is 8.54. The Bertz CT molecular complexity index is 958. The Labute approximate surface area is 169 Å². The summed E-state index contributed by atoms with van der Waals surface area (Å²) in [7, 11) is 0. The van der Waals surface area contributed by atoms with Crippen LogP contribution in [-0.4, -0.2) is 52.1 Å². The molecule has 2 aromatic heterocycles. The van der Waals surface area contributed by atoms with Crippen molar-refractivity contribution in [2.24, 2.45) is 5.92 Å². The molecule has 1 aliphatic carbocycles. The highest BCUT2D eigenvalue weighted by Crippen LogP contribution is 2.44. The van der Waals surface area contributed by atoms with Crippen molar-refractivity contribution in [1.82, 2.24) is 19.9 Å². The quantitative estimate of drug-likeness (QED) is 0.842. The number of pyridine rings is 1. The molecule has 0 saturated carbocycles. The van der Waals surface area contributed by atoms with Gasteiger partial charge in [-0.05, 0) is 50.7 Å². The number of hydrogen-bond donors (Lipinski definition) is 1. The van der Waals surface area contributed by atoms with E-state index in [4.69, 9.17) is 9.72 Å². The number of carbonyl (C=O) groups is 1. The topological polar surface area (TPSA) is 88.2 Å². The fraction of sp³-hybridized carbons (Fsp3) is 0.545. The van der Waals surface area contributed by atoms with E-state index in [1.807, 2.05) is 17.0 Å². The fourth-order valence-corrected chi connectivity index (χ4v) is 5.14. The van der Waals surface area contributed by atoms with Crippen molar-refractivity contribution in [1.29, 1.82) is 0 Å². The molecule has 0 atom stereocenters. The molecule has 0 unspecified atom stereocenters. The van der Waals surface area contributed by atoms with E-state index in [0.29, 0.717) is 19.0 Å². The van der Waals surface area contributed by atoms with E-state index in [0.717, 1.165) is 68.4 Å². The second kappa shape index (κ2) is 7.37. The van der Waals surface area contributed by atoms with E-state index in [2.05, 4.69) is 9.97 Å². The van der Waals surface area contributed by atoms with Gasteiger partial charge in [-0.25, -0.2) is 4.98 Å². The molecule has 1 amide bonds. The Morgan fingerprint density at radius 1 is 1.21 bits per heavy atom. The van der Waals surface area contributed by atoms with E-state index in [9.17, 15) is 9.59 Å². The third-order valence-electron chi connectivity index (χ3n) is 6.91. The molecule has 0 bridgehead atoms. The van der Waals surface area contributed by atoms with Gasteiger partial charge in [0, 0.05) is 61.2 Å². The summed E-state index contributed by atoms with van der Waals surface area (Å²) in [4.78, 5) is 39.6. The van der Waals surface area contributed by atoms with Crippen molar-refractivity contribution >= 4 is 5.91 Å². The maximum Gasteiger partial charge on any atom is 0.254 e. The highest BCUT2D eigenvalue weighted by molar-refractivity contribution is 5.79. The average Bonchev–Trinajstić information content (AvgIpc) is 3.13. The number of piperidine rings is 1. The van der Waals surface area contributed by atoms with Crippen LogP contribution in [-0.2, 0) is 21.4 Å². The average molecular weight is 394 g/mol. The number of amides is 1. The van der Waals surface area contributed by atoms with Gasteiger partial charge in [-0.1, -0.05) is 0 Å². The molecule has 152 valence electrons. The predicted molar refractivity (Wildman–Crippen MR) is 107 cm³/mol. The van der Waals surface area contributed by atoms with Gasteiger partial charge in [-0.3, -0.25) is 14.6 Å². The van der Waals surface area contributed by atoms with Crippen molar-refractivity contribution in [3.05, 3.63) is 46.1 Å². The summed E-state index contributed by atoms with van der Waals surface area (Å²) < 4.78 is 5.40. The molecule has 1 spiro atoms. The molecular formula is C22H26N4O3. The minimum absolute atomic E-state index is 0.0357. The lowest BCUT2D eigenvalue weighted by Crippen LogP contribution is -2.47. The highest BCUT2D eigenvalue weighted by Gasteiger charge is 2.45. The van der Waals surface area contributed by atoms with Crippen LogP contribution in [0, 0.1) is 5.92 Å². The van der Waals surface area contributed by atoms with E-state index in [1.54, 1.807) is 12.4 Å². The molecule has 0 radical (unpaired) electrons. The predicted octanol–water partition coefficient (Wildman–Crippen LogP) is 2.06. The minimum Gasteiger partial charge on any atom is -0.381 e. The third-order valence-corrected chi connectivity index (χ3v) is 6.91. The second-order valence-electron chi connectivity index (χ2n) is 8.48. The van der Waals surface area contributed by atoms with E-state index in [1.165, 1.54) is 0 Å². The fourth-order valence-electron chi connectivity index (χ4n) is 5.14. The van der Waals surface area contributed by atoms with Crippen LogP contribution in [0.4, 0.5) is 0 Å². The Morgan fingerprint density at radius 2 is 2.00 bits per heavy atom. The summed E-state index contributed by atoms with van der Waals surface area (Å²) in [5.74, 6) is 0.965. The Hall–Kier alpha value is -2.54. The van der Waals surface area contributed by atoms with Crippen LogP contribution in [0.2, 0.25) is 0 Å². The molecule has 2 aromatic rings. The van der Waals surface area contributed by atoms with Crippen molar-refractivity contribution in [2.45, 2.75) is 43.9 Å². The number of hydrogen-bond acceptors (Lipinski definition) is 5. The first-order chi connectivity index (χ1) is 14.2. The van der Waals surface area contributed by atoms with Crippen LogP contribution >= 0.6 is 0 Å². The van der Waals surface area contributed by atoms with E-state index < -0.39 is 0 Å². The van der Waals surface area contributed by atoms with Gasteiger partial charge in [-0.15, -0.1) is 0 Å². The zero-order valence-electron chi connectivity index (χ0n) is 16.5. The van der Waals surface area contributed by atoms with Gasteiger partial charge in [0.15, 0.2) is 0 Å². The number of aromatic amines is 1. The van der Waals surface area contributed by atoms with Gasteiger partial charge in [0.05, 0.1) is 5.69 Å². The monoisotopic (exact) mass is 394 g/mol. The van der Waals surface area contributed by atoms with Crippen LogP contribution in [0.15, 0.2) is 29.3 Å². The maximum atomic E-state index is 12.9. The van der Waals surface area contributed by atoms with Crippen LogP contribution in [0.3, 0.4) is 0 Å². The second-order valence-corrected chi connectivity index (χ2v) is 8.48. The summed E-state index contributed by atoms with van der Waals surface area (Å²) in [5.41, 5.74) is 2.46. The van der Waals surface area contributed by atoms with E-state index >= 15 is 0 Å². The minimum atomic E-state index is -0.0903. The van der Waals surface area contributed by atoms with Crippen LogP contribution in [0.25, 0.3) is 11.4 Å².